The fourth-order valence-electron chi connectivity index (χ4n) is 4.94. The molecule has 1 amide bonds. The molecule has 1 aliphatic rings. The summed E-state index contributed by atoms with van der Waals surface area (Å²) in [6.45, 7) is 8.70. The van der Waals surface area contributed by atoms with Crippen molar-refractivity contribution in [2.45, 2.75) is 66.1 Å². The summed E-state index contributed by atoms with van der Waals surface area (Å²) in [5.41, 5.74) is 2.42. The molecule has 0 bridgehead atoms. The van der Waals surface area contributed by atoms with Crippen LogP contribution in [0.3, 0.4) is 0 Å². The lowest BCUT2D eigenvalue weighted by atomic mass is 9.78. The zero-order valence-corrected chi connectivity index (χ0v) is 19.2. The average Bonchev–Trinajstić information content (AvgIpc) is 3.00. The highest BCUT2D eigenvalue weighted by Crippen LogP contribution is 2.29. The quantitative estimate of drug-likeness (QED) is 0.656. The Morgan fingerprint density at radius 3 is 2.59 bits per heavy atom. The van der Waals surface area contributed by atoms with Crippen molar-refractivity contribution in [1.82, 2.24) is 19.7 Å². The highest BCUT2D eigenvalue weighted by molar-refractivity contribution is 5.87. The molecule has 1 aliphatic carbocycles. The number of halogens is 1. The van der Waals surface area contributed by atoms with E-state index in [2.05, 4.69) is 24.3 Å². The number of amides is 1. The number of fused-ring (bicyclic) bond motifs is 1. The fourth-order valence-corrected chi connectivity index (χ4v) is 4.94. The Hall–Kier alpha value is -2.96. The van der Waals surface area contributed by atoms with Crippen molar-refractivity contribution in [2.24, 2.45) is 11.8 Å². The molecule has 3 aromatic rings. The number of nitrogens with one attached hydrogen (secondary N) is 1. The van der Waals surface area contributed by atoms with Crippen molar-refractivity contribution in [3.05, 3.63) is 63.6 Å². The number of hydrogen-bond acceptors (Lipinski definition) is 3. The van der Waals surface area contributed by atoms with Gasteiger partial charge in [0.15, 0.2) is 0 Å². The molecule has 0 radical (unpaired) electrons. The second-order valence-corrected chi connectivity index (χ2v) is 9.22. The second-order valence-electron chi connectivity index (χ2n) is 9.22. The number of hydrogen-bond donors (Lipinski definition) is 1. The van der Waals surface area contributed by atoms with Crippen molar-refractivity contribution in [3.63, 3.8) is 0 Å². The van der Waals surface area contributed by atoms with Gasteiger partial charge in [-0.05, 0) is 49.8 Å². The van der Waals surface area contributed by atoms with E-state index in [1.807, 2.05) is 18.4 Å². The molecule has 7 heteroatoms. The summed E-state index contributed by atoms with van der Waals surface area (Å²) in [6, 6.07) is 6.50. The lowest BCUT2D eigenvalue weighted by molar-refractivity contribution is -0.123. The van der Waals surface area contributed by atoms with Crippen molar-refractivity contribution in [1.29, 1.82) is 0 Å². The summed E-state index contributed by atoms with van der Waals surface area (Å²) < 4.78 is 16.5. The van der Waals surface area contributed by atoms with Crippen LogP contribution in [0.5, 0.6) is 0 Å². The Labute approximate surface area is 187 Å². The summed E-state index contributed by atoms with van der Waals surface area (Å²) in [7, 11) is 0. The van der Waals surface area contributed by atoms with Crippen LogP contribution >= 0.6 is 0 Å². The zero-order chi connectivity index (χ0) is 23.0. The van der Waals surface area contributed by atoms with Gasteiger partial charge < -0.3 is 9.88 Å². The molecule has 2 heterocycles. The van der Waals surface area contributed by atoms with Gasteiger partial charge in [-0.2, -0.15) is 5.10 Å². The molecule has 2 aromatic heterocycles. The number of benzene rings is 1. The highest BCUT2D eigenvalue weighted by Gasteiger charge is 2.28. The Morgan fingerprint density at radius 2 is 1.88 bits per heavy atom. The minimum Gasteiger partial charge on any atom is -0.351 e. The Balaban J connectivity index is 1.58. The first-order valence-electron chi connectivity index (χ1n) is 11.4. The van der Waals surface area contributed by atoms with Crippen LogP contribution in [0.2, 0.25) is 0 Å². The lowest BCUT2D eigenvalue weighted by Crippen LogP contribution is -2.45. The fraction of sp³-hybridized carbons (Fsp3) is 0.480. The Bertz CT molecular complexity index is 1200. The minimum absolute atomic E-state index is 0.0893. The van der Waals surface area contributed by atoms with E-state index >= 15 is 0 Å². The zero-order valence-electron chi connectivity index (χ0n) is 19.2. The van der Waals surface area contributed by atoms with Crippen LogP contribution in [0, 0.1) is 31.5 Å². The van der Waals surface area contributed by atoms with Gasteiger partial charge in [-0.1, -0.05) is 38.8 Å². The van der Waals surface area contributed by atoms with Gasteiger partial charge in [-0.25, -0.2) is 9.07 Å². The number of nitrogens with zero attached hydrogens (tertiary/aromatic N) is 3. The number of aromatic nitrogens is 3. The standard InChI is InChI=1S/C25H31FN4O2/c1-15-6-5-7-22(16(15)2)28-23(31)14-30-25(32)24-18(4)29(17(3)21(24)12-27-30)13-19-8-10-20(26)11-9-19/h8-12,15-16,22H,5-7,13-14H2,1-4H3,(H,28,31)/t15-,16+,22+/m0/s1. The topological polar surface area (TPSA) is 68.9 Å². The van der Waals surface area contributed by atoms with Crippen molar-refractivity contribution in [3.8, 4) is 0 Å². The van der Waals surface area contributed by atoms with Crippen molar-refractivity contribution < 1.29 is 9.18 Å². The van der Waals surface area contributed by atoms with Crippen LogP contribution in [-0.4, -0.2) is 26.3 Å². The maximum atomic E-state index is 13.2. The van der Waals surface area contributed by atoms with E-state index in [1.165, 1.54) is 23.2 Å². The smallest absolute Gasteiger partial charge is 0.276 e. The Morgan fingerprint density at radius 1 is 1.16 bits per heavy atom. The first-order valence-corrected chi connectivity index (χ1v) is 11.4. The Kier molecular flexibility index (Phi) is 6.17. The first-order chi connectivity index (χ1) is 15.3. The van der Waals surface area contributed by atoms with Crippen LogP contribution in [0.1, 0.15) is 50.1 Å². The van der Waals surface area contributed by atoms with Crippen molar-refractivity contribution >= 4 is 16.7 Å². The molecule has 3 atom stereocenters. The summed E-state index contributed by atoms with van der Waals surface area (Å²) in [5.74, 6) is 0.551. The van der Waals surface area contributed by atoms with Gasteiger partial charge in [0.25, 0.3) is 5.56 Å². The molecule has 1 fully saturated rings. The van der Waals surface area contributed by atoms with Crippen LogP contribution in [0.15, 0.2) is 35.3 Å². The highest BCUT2D eigenvalue weighted by atomic mass is 19.1. The SMILES string of the molecule is Cc1c2cnn(CC(=O)N[C@@H]3CCC[C@H](C)[C@H]3C)c(=O)c2c(C)n1Cc1ccc(F)cc1. The van der Waals surface area contributed by atoms with E-state index in [9.17, 15) is 14.0 Å². The predicted molar refractivity (Wildman–Crippen MR) is 123 cm³/mol. The maximum Gasteiger partial charge on any atom is 0.276 e. The minimum atomic E-state index is -0.276. The van der Waals surface area contributed by atoms with Gasteiger partial charge in [0, 0.05) is 29.4 Å². The number of rotatable bonds is 5. The molecule has 6 nitrogen and oxygen atoms in total. The molecule has 1 N–H and O–H groups in total. The van der Waals surface area contributed by atoms with Gasteiger partial charge in [0.05, 0.1) is 11.6 Å². The molecule has 0 saturated heterocycles. The van der Waals surface area contributed by atoms with E-state index < -0.39 is 0 Å². The molecule has 170 valence electrons. The van der Waals surface area contributed by atoms with Crippen LogP contribution in [0.4, 0.5) is 4.39 Å². The maximum absolute atomic E-state index is 13.2. The molecule has 1 aromatic carbocycles. The summed E-state index contributed by atoms with van der Waals surface area (Å²) in [6.07, 6.45) is 4.95. The molecule has 0 aliphatic heterocycles. The predicted octanol–water partition coefficient (Wildman–Crippen LogP) is 3.94. The molecule has 32 heavy (non-hydrogen) atoms. The first kappa shape index (κ1) is 22.2. The van der Waals surface area contributed by atoms with E-state index in [0.717, 1.165) is 35.2 Å². The molecule has 0 spiro atoms. The van der Waals surface area contributed by atoms with Gasteiger partial charge >= 0.3 is 0 Å². The summed E-state index contributed by atoms with van der Waals surface area (Å²) in [5, 5.41) is 8.76. The van der Waals surface area contributed by atoms with Gasteiger partial charge in [0.1, 0.15) is 12.4 Å². The molecular weight excluding hydrogens is 407 g/mol. The van der Waals surface area contributed by atoms with E-state index in [4.69, 9.17) is 0 Å². The second kappa shape index (κ2) is 8.88. The summed E-state index contributed by atoms with van der Waals surface area (Å²) in [4.78, 5) is 25.9. The van der Waals surface area contributed by atoms with Crippen LogP contribution in [-0.2, 0) is 17.9 Å². The van der Waals surface area contributed by atoms with Gasteiger partial charge in [-0.15, -0.1) is 0 Å². The third-order valence-corrected chi connectivity index (χ3v) is 7.21. The lowest BCUT2D eigenvalue weighted by Gasteiger charge is -2.34. The van der Waals surface area contributed by atoms with E-state index in [0.29, 0.717) is 23.8 Å². The average molecular weight is 439 g/mol. The normalized spacial score (nSPS) is 21.1. The number of aryl methyl sites for hydroxylation is 2. The van der Waals surface area contributed by atoms with E-state index in [1.54, 1.807) is 18.3 Å². The van der Waals surface area contributed by atoms with Crippen LogP contribution < -0.4 is 10.9 Å². The monoisotopic (exact) mass is 438 g/mol. The van der Waals surface area contributed by atoms with Crippen LogP contribution in [0.25, 0.3) is 10.8 Å². The molecular formula is C25H31FN4O2. The third kappa shape index (κ3) is 4.20. The van der Waals surface area contributed by atoms with Gasteiger partial charge in [-0.3, -0.25) is 9.59 Å². The molecule has 4 rings (SSSR count). The van der Waals surface area contributed by atoms with Gasteiger partial charge in [0.2, 0.25) is 5.91 Å². The largest absolute Gasteiger partial charge is 0.351 e. The number of carbonyl (C=O) groups excluding carboxylic acids is 1. The number of carbonyl (C=O) groups is 1. The third-order valence-electron chi connectivity index (χ3n) is 7.21. The molecule has 0 unspecified atom stereocenters. The van der Waals surface area contributed by atoms with E-state index in [-0.39, 0.29) is 29.9 Å². The molecule has 1 saturated carbocycles. The summed E-state index contributed by atoms with van der Waals surface area (Å²) >= 11 is 0. The van der Waals surface area contributed by atoms with Crippen molar-refractivity contribution in [2.75, 3.05) is 0 Å².